The number of urea groups is 1. The molecule has 0 aliphatic carbocycles. The number of hydrogen-bond donors (Lipinski definition) is 3. The fourth-order valence-corrected chi connectivity index (χ4v) is 0.941. The standard InChI is InChI=1S/C8H15N5O/c1-5(2)10-8(14)9-4-7-11-6(3)12-13-7/h5H,4H2,1-3H3,(H2,9,10,14)(H,11,12,13). The van der Waals surface area contributed by atoms with Gasteiger partial charge in [0.1, 0.15) is 5.82 Å². The summed E-state index contributed by atoms with van der Waals surface area (Å²) in [6, 6.07) is -0.0775. The lowest BCUT2D eigenvalue weighted by atomic mass is 10.4. The third-order valence-electron chi connectivity index (χ3n) is 1.47. The number of carbonyl (C=O) groups is 1. The fourth-order valence-electron chi connectivity index (χ4n) is 0.941. The lowest BCUT2D eigenvalue weighted by molar-refractivity contribution is 0.238. The summed E-state index contributed by atoms with van der Waals surface area (Å²) in [5.41, 5.74) is 0. The molecular formula is C8H15N5O. The van der Waals surface area contributed by atoms with E-state index >= 15 is 0 Å². The maximum atomic E-state index is 11.1. The molecule has 0 spiro atoms. The van der Waals surface area contributed by atoms with Crippen molar-refractivity contribution in [1.82, 2.24) is 25.8 Å². The zero-order valence-corrected chi connectivity index (χ0v) is 8.59. The van der Waals surface area contributed by atoms with Crippen LogP contribution in [-0.4, -0.2) is 27.3 Å². The third kappa shape index (κ3) is 3.42. The molecule has 1 aromatic heterocycles. The highest BCUT2D eigenvalue weighted by atomic mass is 16.2. The smallest absolute Gasteiger partial charge is 0.315 e. The van der Waals surface area contributed by atoms with Gasteiger partial charge in [-0.25, -0.2) is 9.78 Å². The molecule has 0 atom stereocenters. The van der Waals surface area contributed by atoms with Crippen LogP contribution < -0.4 is 10.6 Å². The van der Waals surface area contributed by atoms with E-state index in [9.17, 15) is 4.79 Å². The van der Waals surface area contributed by atoms with Crippen molar-refractivity contribution >= 4 is 6.03 Å². The minimum Gasteiger partial charge on any atom is -0.336 e. The largest absolute Gasteiger partial charge is 0.336 e. The molecule has 0 bridgehead atoms. The Kier molecular flexibility index (Phi) is 3.44. The Morgan fingerprint density at radius 2 is 2.29 bits per heavy atom. The first-order valence-corrected chi connectivity index (χ1v) is 4.50. The maximum Gasteiger partial charge on any atom is 0.315 e. The van der Waals surface area contributed by atoms with Crippen molar-refractivity contribution in [1.29, 1.82) is 0 Å². The number of H-pyrrole nitrogens is 1. The summed E-state index contributed by atoms with van der Waals surface area (Å²) in [6.45, 7) is 5.95. The van der Waals surface area contributed by atoms with Crippen molar-refractivity contribution in [3.05, 3.63) is 11.6 Å². The number of aromatic amines is 1. The van der Waals surface area contributed by atoms with Crippen LogP contribution >= 0.6 is 0 Å². The number of aryl methyl sites for hydroxylation is 1. The highest BCUT2D eigenvalue weighted by Crippen LogP contribution is 1.89. The summed E-state index contributed by atoms with van der Waals surface area (Å²) in [7, 11) is 0. The highest BCUT2D eigenvalue weighted by molar-refractivity contribution is 5.73. The van der Waals surface area contributed by atoms with Crippen LogP contribution in [0.25, 0.3) is 0 Å². The second kappa shape index (κ2) is 4.59. The SMILES string of the molecule is Cc1nc(CNC(=O)NC(C)C)n[nH]1. The molecule has 0 aromatic carbocycles. The lowest BCUT2D eigenvalue weighted by Gasteiger charge is -2.08. The van der Waals surface area contributed by atoms with E-state index in [0.29, 0.717) is 12.4 Å². The molecule has 6 nitrogen and oxygen atoms in total. The second-order valence-corrected chi connectivity index (χ2v) is 3.32. The molecule has 0 saturated heterocycles. The number of amides is 2. The van der Waals surface area contributed by atoms with Crippen LogP contribution in [0.4, 0.5) is 4.79 Å². The lowest BCUT2D eigenvalue weighted by Crippen LogP contribution is -2.39. The normalized spacial score (nSPS) is 10.3. The van der Waals surface area contributed by atoms with Gasteiger partial charge in [0.05, 0.1) is 6.54 Å². The molecular weight excluding hydrogens is 182 g/mol. The number of nitrogens with one attached hydrogen (secondary N) is 3. The van der Waals surface area contributed by atoms with Crippen LogP contribution in [0.3, 0.4) is 0 Å². The average molecular weight is 197 g/mol. The Labute approximate surface area is 82.5 Å². The van der Waals surface area contributed by atoms with Gasteiger partial charge in [0, 0.05) is 6.04 Å². The molecule has 0 aliphatic rings. The molecule has 78 valence electrons. The number of aromatic nitrogens is 3. The fraction of sp³-hybridized carbons (Fsp3) is 0.625. The van der Waals surface area contributed by atoms with Gasteiger partial charge in [-0.3, -0.25) is 5.10 Å². The molecule has 0 unspecified atom stereocenters. The predicted molar refractivity (Wildman–Crippen MR) is 51.6 cm³/mol. The molecule has 14 heavy (non-hydrogen) atoms. The number of carbonyl (C=O) groups excluding carboxylic acids is 1. The summed E-state index contributed by atoms with van der Waals surface area (Å²) in [4.78, 5) is 15.2. The Morgan fingerprint density at radius 3 is 2.79 bits per heavy atom. The first kappa shape index (κ1) is 10.5. The van der Waals surface area contributed by atoms with Crippen molar-refractivity contribution in [3.8, 4) is 0 Å². The van der Waals surface area contributed by atoms with E-state index in [2.05, 4.69) is 25.8 Å². The van der Waals surface area contributed by atoms with Gasteiger partial charge in [0.2, 0.25) is 0 Å². The van der Waals surface area contributed by atoms with Crippen LogP contribution in [0.15, 0.2) is 0 Å². The van der Waals surface area contributed by atoms with E-state index in [0.717, 1.165) is 5.82 Å². The summed E-state index contributed by atoms with van der Waals surface area (Å²) in [5.74, 6) is 1.33. The van der Waals surface area contributed by atoms with Gasteiger partial charge in [-0.15, -0.1) is 0 Å². The minimum absolute atomic E-state index is 0.129. The summed E-state index contributed by atoms with van der Waals surface area (Å²) < 4.78 is 0. The van der Waals surface area contributed by atoms with Gasteiger partial charge < -0.3 is 10.6 Å². The second-order valence-electron chi connectivity index (χ2n) is 3.32. The van der Waals surface area contributed by atoms with E-state index in [1.165, 1.54) is 0 Å². The Hall–Kier alpha value is -1.59. The zero-order valence-electron chi connectivity index (χ0n) is 8.59. The Balaban J connectivity index is 2.30. The molecule has 1 rings (SSSR count). The topological polar surface area (TPSA) is 82.7 Å². The molecule has 2 amide bonds. The van der Waals surface area contributed by atoms with Crippen molar-refractivity contribution in [2.24, 2.45) is 0 Å². The van der Waals surface area contributed by atoms with Crippen LogP contribution in [0.5, 0.6) is 0 Å². The molecule has 0 fully saturated rings. The van der Waals surface area contributed by atoms with Gasteiger partial charge in [0.25, 0.3) is 0 Å². The third-order valence-corrected chi connectivity index (χ3v) is 1.47. The van der Waals surface area contributed by atoms with Crippen LogP contribution in [0, 0.1) is 6.92 Å². The van der Waals surface area contributed by atoms with E-state index in [1.54, 1.807) is 0 Å². The molecule has 0 aliphatic heterocycles. The molecule has 1 heterocycles. The molecule has 1 aromatic rings. The van der Waals surface area contributed by atoms with Crippen LogP contribution in [0.1, 0.15) is 25.5 Å². The molecule has 3 N–H and O–H groups in total. The number of hydrogen-bond acceptors (Lipinski definition) is 3. The number of nitrogens with zero attached hydrogens (tertiary/aromatic N) is 2. The first-order valence-electron chi connectivity index (χ1n) is 4.50. The van der Waals surface area contributed by atoms with Gasteiger partial charge in [-0.2, -0.15) is 5.10 Å². The van der Waals surface area contributed by atoms with Crippen LogP contribution in [0.2, 0.25) is 0 Å². The summed E-state index contributed by atoms with van der Waals surface area (Å²) in [6.07, 6.45) is 0. The Morgan fingerprint density at radius 1 is 1.57 bits per heavy atom. The quantitative estimate of drug-likeness (QED) is 0.652. The van der Waals surface area contributed by atoms with Gasteiger partial charge in [-0.1, -0.05) is 0 Å². The molecule has 0 saturated carbocycles. The van der Waals surface area contributed by atoms with Gasteiger partial charge >= 0.3 is 6.03 Å². The van der Waals surface area contributed by atoms with E-state index in [4.69, 9.17) is 0 Å². The monoisotopic (exact) mass is 197 g/mol. The first-order chi connectivity index (χ1) is 6.58. The maximum absolute atomic E-state index is 11.1. The predicted octanol–water partition coefficient (Wildman–Crippen LogP) is 0.321. The molecule has 0 radical (unpaired) electrons. The summed E-state index contributed by atoms with van der Waals surface area (Å²) >= 11 is 0. The Bertz CT molecular complexity index is 306. The van der Waals surface area contributed by atoms with E-state index in [-0.39, 0.29) is 12.1 Å². The van der Waals surface area contributed by atoms with Crippen molar-refractivity contribution in [2.75, 3.05) is 0 Å². The van der Waals surface area contributed by atoms with Gasteiger partial charge in [-0.05, 0) is 20.8 Å². The van der Waals surface area contributed by atoms with E-state index in [1.807, 2.05) is 20.8 Å². The molecule has 6 heteroatoms. The van der Waals surface area contributed by atoms with Crippen molar-refractivity contribution in [3.63, 3.8) is 0 Å². The number of rotatable bonds is 3. The zero-order chi connectivity index (χ0) is 10.6. The van der Waals surface area contributed by atoms with Crippen LogP contribution in [-0.2, 0) is 6.54 Å². The van der Waals surface area contributed by atoms with Gasteiger partial charge in [0.15, 0.2) is 5.82 Å². The highest BCUT2D eigenvalue weighted by Gasteiger charge is 2.04. The van der Waals surface area contributed by atoms with Crippen molar-refractivity contribution in [2.45, 2.75) is 33.4 Å². The minimum atomic E-state index is -0.206. The summed E-state index contributed by atoms with van der Waals surface area (Å²) in [5, 5.41) is 11.9. The average Bonchev–Trinajstić information content (AvgIpc) is 2.47. The van der Waals surface area contributed by atoms with E-state index < -0.39 is 0 Å². The van der Waals surface area contributed by atoms with Crippen molar-refractivity contribution < 1.29 is 4.79 Å².